The van der Waals surface area contributed by atoms with E-state index < -0.39 is 7.12 Å². The molecule has 1 amide bonds. The maximum absolute atomic E-state index is 12.5. The van der Waals surface area contributed by atoms with Gasteiger partial charge in [-0.1, -0.05) is 6.07 Å². The Bertz CT molecular complexity index is 1120. The van der Waals surface area contributed by atoms with Crippen LogP contribution >= 0.6 is 0 Å². The highest BCUT2D eigenvalue weighted by molar-refractivity contribution is 6.58. The molecule has 3 aromatic rings. The summed E-state index contributed by atoms with van der Waals surface area (Å²) >= 11 is 0. The third kappa shape index (κ3) is 4.77. The molecule has 34 heavy (non-hydrogen) atoms. The molecule has 0 saturated carbocycles. The van der Waals surface area contributed by atoms with Crippen LogP contribution in [0.15, 0.2) is 49.1 Å². The molecule has 174 valence electrons. The number of aromatic nitrogens is 4. The third-order valence-corrected chi connectivity index (χ3v) is 6.04. The predicted molar refractivity (Wildman–Crippen MR) is 130 cm³/mol. The van der Waals surface area contributed by atoms with Crippen LogP contribution < -0.4 is 25.5 Å². The predicted octanol–water partition coefficient (Wildman–Crippen LogP) is -0.265. The number of hydrogen-bond acceptors (Lipinski definition) is 10. The lowest BCUT2D eigenvalue weighted by Gasteiger charge is -2.35. The lowest BCUT2D eigenvalue weighted by molar-refractivity contribution is 0.102. The second-order valence-corrected chi connectivity index (χ2v) is 8.27. The Hall–Kier alpha value is -3.77. The van der Waals surface area contributed by atoms with E-state index in [1.807, 2.05) is 6.07 Å². The highest BCUT2D eigenvalue weighted by Gasteiger charge is 2.21. The fraction of sp³-hybridized carbons (Fsp3) is 0.318. The Morgan fingerprint density at radius 1 is 0.765 bits per heavy atom. The molecule has 2 saturated heterocycles. The van der Waals surface area contributed by atoms with Crippen LogP contribution in [0.5, 0.6) is 0 Å². The number of pyridine rings is 2. The molecule has 2 aliphatic heterocycles. The van der Waals surface area contributed by atoms with E-state index >= 15 is 0 Å². The van der Waals surface area contributed by atoms with Crippen LogP contribution in [0.3, 0.4) is 0 Å². The van der Waals surface area contributed by atoms with E-state index in [0.29, 0.717) is 35.8 Å². The number of hydrogen-bond donors (Lipinski definition) is 3. The van der Waals surface area contributed by atoms with Gasteiger partial charge >= 0.3 is 7.12 Å². The van der Waals surface area contributed by atoms with Gasteiger partial charge in [0.1, 0.15) is 11.6 Å². The van der Waals surface area contributed by atoms with Gasteiger partial charge in [-0.05, 0) is 24.6 Å². The van der Waals surface area contributed by atoms with Crippen molar-refractivity contribution >= 4 is 41.8 Å². The maximum atomic E-state index is 12.5. The molecule has 12 heteroatoms. The van der Waals surface area contributed by atoms with Crippen LogP contribution in [0.4, 0.5) is 23.3 Å². The van der Waals surface area contributed by atoms with E-state index in [1.54, 1.807) is 36.8 Å². The zero-order chi connectivity index (χ0) is 23.5. The molecular weight excluding hydrogens is 435 g/mol. The minimum absolute atomic E-state index is 0.250. The minimum Gasteiger partial charge on any atom is -0.423 e. The minimum atomic E-state index is -1.52. The second kappa shape index (κ2) is 9.61. The molecule has 0 radical (unpaired) electrons. The van der Waals surface area contributed by atoms with Crippen molar-refractivity contribution in [2.45, 2.75) is 6.42 Å². The molecule has 2 fully saturated rings. The Kier molecular flexibility index (Phi) is 6.23. The average molecular weight is 460 g/mol. The van der Waals surface area contributed by atoms with Crippen LogP contribution in [-0.2, 0) is 0 Å². The topological polar surface area (TPSA) is 131 Å². The first-order chi connectivity index (χ1) is 16.6. The van der Waals surface area contributed by atoms with Crippen LogP contribution in [0.25, 0.3) is 0 Å². The molecule has 0 atom stereocenters. The van der Waals surface area contributed by atoms with Gasteiger partial charge in [0, 0.05) is 57.1 Å². The number of nitrogens with one attached hydrogen (secondary N) is 1. The summed E-state index contributed by atoms with van der Waals surface area (Å²) in [6.45, 7) is 4.92. The monoisotopic (exact) mass is 460 g/mol. The van der Waals surface area contributed by atoms with Gasteiger partial charge in [-0.15, -0.1) is 0 Å². The number of rotatable bonds is 6. The molecule has 0 bridgehead atoms. The number of carbonyl (C=O) groups is 1. The van der Waals surface area contributed by atoms with Gasteiger partial charge in [0.25, 0.3) is 5.91 Å². The van der Waals surface area contributed by atoms with Crippen molar-refractivity contribution in [2.24, 2.45) is 0 Å². The molecule has 5 heterocycles. The summed E-state index contributed by atoms with van der Waals surface area (Å²) in [5.74, 6) is 2.03. The quantitative estimate of drug-likeness (QED) is 0.423. The normalized spacial score (nSPS) is 15.6. The summed E-state index contributed by atoms with van der Waals surface area (Å²) in [4.78, 5) is 36.4. The smallest absolute Gasteiger partial charge is 0.423 e. The zero-order valence-corrected chi connectivity index (χ0v) is 18.6. The highest BCUT2D eigenvalue weighted by Crippen LogP contribution is 2.19. The van der Waals surface area contributed by atoms with Gasteiger partial charge in [-0.3, -0.25) is 4.79 Å². The van der Waals surface area contributed by atoms with Crippen molar-refractivity contribution in [3.8, 4) is 0 Å². The SMILES string of the molecule is O=C(Nc1cnc(N2CCN(c3ccc(B(O)O)cn3)CC2)nc1)c1ccc(N2CCC2)nc1. The summed E-state index contributed by atoms with van der Waals surface area (Å²) in [5, 5.41) is 21.2. The van der Waals surface area contributed by atoms with Gasteiger partial charge in [-0.2, -0.15) is 0 Å². The molecule has 0 aromatic carbocycles. The number of nitrogens with zero attached hydrogens (tertiary/aromatic N) is 7. The van der Waals surface area contributed by atoms with Crippen LogP contribution in [0, 0.1) is 0 Å². The van der Waals surface area contributed by atoms with Crippen LogP contribution in [-0.4, -0.2) is 82.3 Å². The zero-order valence-electron chi connectivity index (χ0n) is 18.6. The first-order valence-corrected chi connectivity index (χ1v) is 11.2. The van der Waals surface area contributed by atoms with E-state index in [2.05, 4.69) is 40.0 Å². The van der Waals surface area contributed by atoms with E-state index in [1.165, 1.54) is 12.6 Å². The molecule has 11 nitrogen and oxygen atoms in total. The van der Waals surface area contributed by atoms with Gasteiger partial charge in [0.2, 0.25) is 5.95 Å². The number of piperazine rings is 1. The summed E-state index contributed by atoms with van der Waals surface area (Å²) in [7, 11) is -1.52. The van der Waals surface area contributed by atoms with Crippen molar-refractivity contribution in [3.63, 3.8) is 0 Å². The highest BCUT2D eigenvalue weighted by atomic mass is 16.4. The first-order valence-electron chi connectivity index (χ1n) is 11.2. The Labute approximate surface area is 197 Å². The average Bonchev–Trinajstić information content (AvgIpc) is 2.84. The fourth-order valence-electron chi connectivity index (χ4n) is 3.88. The van der Waals surface area contributed by atoms with Crippen molar-refractivity contribution < 1.29 is 14.8 Å². The number of amides is 1. The molecule has 0 spiro atoms. The Morgan fingerprint density at radius 3 is 1.91 bits per heavy atom. The Balaban J connectivity index is 1.14. The summed E-state index contributed by atoms with van der Waals surface area (Å²) in [6, 6.07) is 7.09. The molecule has 0 unspecified atom stereocenters. The summed E-state index contributed by atoms with van der Waals surface area (Å²) in [5.41, 5.74) is 1.37. The first kappa shape index (κ1) is 22.0. The second-order valence-electron chi connectivity index (χ2n) is 8.27. The molecule has 3 aromatic heterocycles. The van der Waals surface area contributed by atoms with E-state index in [9.17, 15) is 14.8 Å². The third-order valence-electron chi connectivity index (χ3n) is 6.04. The molecule has 5 rings (SSSR count). The van der Waals surface area contributed by atoms with Gasteiger partial charge < -0.3 is 30.1 Å². The van der Waals surface area contributed by atoms with Crippen LogP contribution in [0.2, 0.25) is 0 Å². The van der Waals surface area contributed by atoms with Gasteiger partial charge in [0.05, 0.1) is 23.6 Å². The Morgan fingerprint density at radius 2 is 1.38 bits per heavy atom. The summed E-state index contributed by atoms with van der Waals surface area (Å²) < 4.78 is 0. The molecule has 2 aliphatic rings. The van der Waals surface area contributed by atoms with E-state index in [4.69, 9.17) is 0 Å². The summed E-state index contributed by atoms with van der Waals surface area (Å²) in [6.07, 6.45) is 7.45. The largest absolute Gasteiger partial charge is 0.490 e. The van der Waals surface area contributed by atoms with Crippen molar-refractivity contribution in [3.05, 3.63) is 54.6 Å². The number of carbonyl (C=O) groups excluding carboxylic acids is 1. The van der Waals surface area contributed by atoms with E-state index in [0.717, 1.165) is 37.8 Å². The standard InChI is InChI=1S/C22H25BN8O3/c32-21(16-2-4-19(24-12-16)29-6-1-7-29)28-18-14-26-22(27-15-18)31-10-8-30(9-11-31)20-5-3-17(13-25-20)23(33)34/h2-5,12-15,33-34H,1,6-11H2,(H,28,32). The fourth-order valence-corrected chi connectivity index (χ4v) is 3.88. The maximum Gasteiger partial charge on any atom is 0.490 e. The van der Waals surface area contributed by atoms with Crippen molar-refractivity contribution in [1.82, 2.24) is 19.9 Å². The lowest BCUT2D eigenvalue weighted by atomic mass is 9.82. The van der Waals surface area contributed by atoms with Crippen molar-refractivity contribution in [1.29, 1.82) is 0 Å². The lowest BCUT2D eigenvalue weighted by Crippen LogP contribution is -2.47. The number of anilines is 4. The van der Waals surface area contributed by atoms with Gasteiger partial charge in [-0.25, -0.2) is 19.9 Å². The van der Waals surface area contributed by atoms with E-state index in [-0.39, 0.29) is 5.91 Å². The van der Waals surface area contributed by atoms with Crippen molar-refractivity contribution in [2.75, 3.05) is 59.3 Å². The molecular formula is C22H25BN8O3. The van der Waals surface area contributed by atoms with Crippen LogP contribution in [0.1, 0.15) is 16.8 Å². The molecule has 0 aliphatic carbocycles. The molecule has 3 N–H and O–H groups in total. The van der Waals surface area contributed by atoms with Gasteiger partial charge in [0.15, 0.2) is 0 Å².